The molecule has 1 N–H and O–H groups in total. The van der Waals surface area contributed by atoms with Crippen molar-refractivity contribution >= 4 is 0 Å². The van der Waals surface area contributed by atoms with E-state index in [9.17, 15) is 0 Å². The lowest BCUT2D eigenvalue weighted by atomic mass is 9.96. The van der Waals surface area contributed by atoms with Crippen LogP contribution in [0.15, 0.2) is 28.8 Å². The predicted molar refractivity (Wildman–Crippen MR) is 73.8 cm³/mol. The molecule has 0 spiro atoms. The van der Waals surface area contributed by atoms with Gasteiger partial charge in [0.05, 0.1) is 0 Å². The Kier molecular flexibility index (Phi) is 3.60. The Bertz CT molecular complexity index is 527. The molecule has 1 aliphatic heterocycles. The van der Waals surface area contributed by atoms with Gasteiger partial charge in [-0.2, -0.15) is 4.98 Å². The summed E-state index contributed by atoms with van der Waals surface area (Å²) >= 11 is 0. The van der Waals surface area contributed by atoms with Crippen LogP contribution in [0.2, 0.25) is 0 Å². The smallest absolute Gasteiger partial charge is 0.257 e. The van der Waals surface area contributed by atoms with Crippen molar-refractivity contribution in [3.63, 3.8) is 0 Å². The monoisotopic (exact) mass is 257 g/mol. The minimum Gasteiger partial charge on any atom is -0.334 e. The summed E-state index contributed by atoms with van der Waals surface area (Å²) in [6.45, 7) is 4.27. The second-order valence-electron chi connectivity index (χ2n) is 5.30. The summed E-state index contributed by atoms with van der Waals surface area (Å²) in [6.07, 6.45) is 3.40. The molecular weight excluding hydrogens is 238 g/mol. The third-order valence-corrected chi connectivity index (χ3v) is 3.64. The SMILES string of the molecule is Cc1ccc(-c2nc(CC3CCCNC3)no2)cc1. The van der Waals surface area contributed by atoms with Crippen molar-refractivity contribution in [2.45, 2.75) is 26.2 Å². The molecule has 0 radical (unpaired) electrons. The topological polar surface area (TPSA) is 51.0 Å². The molecule has 2 heterocycles. The number of nitrogens with one attached hydrogen (secondary N) is 1. The van der Waals surface area contributed by atoms with Crippen LogP contribution in [0.5, 0.6) is 0 Å². The fraction of sp³-hybridized carbons (Fsp3) is 0.467. The number of benzene rings is 1. The molecule has 1 atom stereocenters. The molecule has 0 amide bonds. The third-order valence-electron chi connectivity index (χ3n) is 3.64. The first-order chi connectivity index (χ1) is 9.31. The van der Waals surface area contributed by atoms with Crippen LogP contribution in [0, 0.1) is 12.8 Å². The highest BCUT2D eigenvalue weighted by Crippen LogP contribution is 2.20. The van der Waals surface area contributed by atoms with Gasteiger partial charge in [0, 0.05) is 12.0 Å². The molecule has 19 heavy (non-hydrogen) atoms. The number of aromatic nitrogens is 2. The van der Waals surface area contributed by atoms with Gasteiger partial charge in [-0.1, -0.05) is 22.9 Å². The van der Waals surface area contributed by atoms with Crippen molar-refractivity contribution < 1.29 is 4.52 Å². The Morgan fingerprint density at radius 2 is 2.16 bits per heavy atom. The first-order valence-electron chi connectivity index (χ1n) is 6.91. The summed E-state index contributed by atoms with van der Waals surface area (Å²) in [4.78, 5) is 4.50. The average molecular weight is 257 g/mol. The van der Waals surface area contributed by atoms with Crippen LogP contribution in [0.1, 0.15) is 24.2 Å². The molecule has 1 aliphatic rings. The summed E-state index contributed by atoms with van der Waals surface area (Å²) in [7, 11) is 0. The standard InChI is InChI=1S/C15H19N3O/c1-11-4-6-13(7-5-11)15-17-14(18-19-15)9-12-3-2-8-16-10-12/h4-7,12,16H,2-3,8-10H2,1H3. The Balaban J connectivity index is 1.70. The lowest BCUT2D eigenvalue weighted by Crippen LogP contribution is -2.31. The van der Waals surface area contributed by atoms with Gasteiger partial charge in [-0.25, -0.2) is 0 Å². The molecule has 1 saturated heterocycles. The Morgan fingerprint density at radius 1 is 1.32 bits per heavy atom. The predicted octanol–water partition coefficient (Wildman–Crippen LogP) is 2.59. The number of rotatable bonds is 3. The quantitative estimate of drug-likeness (QED) is 0.918. The largest absolute Gasteiger partial charge is 0.334 e. The normalized spacial score (nSPS) is 19.5. The van der Waals surface area contributed by atoms with Gasteiger partial charge >= 0.3 is 0 Å². The van der Waals surface area contributed by atoms with E-state index in [1.807, 2.05) is 12.1 Å². The Morgan fingerprint density at radius 3 is 2.89 bits per heavy atom. The van der Waals surface area contributed by atoms with Crippen molar-refractivity contribution in [2.24, 2.45) is 5.92 Å². The van der Waals surface area contributed by atoms with Gasteiger partial charge in [0.15, 0.2) is 5.82 Å². The summed E-state index contributed by atoms with van der Waals surface area (Å²) in [6, 6.07) is 8.16. The van der Waals surface area contributed by atoms with Crippen LogP contribution in [0.4, 0.5) is 0 Å². The lowest BCUT2D eigenvalue weighted by molar-refractivity contribution is 0.360. The molecule has 1 fully saturated rings. The number of hydrogen-bond donors (Lipinski definition) is 1. The highest BCUT2D eigenvalue weighted by molar-refractivity contribution is 5.53. The highest BCUT2D eigenvalue weighted by Gasteiger charge is 2.17. The number of nitrogens with zero attached hydrogens (tertiary/aromatic N) is 2. The van der Waals surface area contributed by atoms with Gasteiger partial charge in [-0.05, 0) is 50.9 Å². The minimum atomic E-state index is 0.624. The molecular formula is C15H19N3O. The van der Waals surface area contributed by atoms with E-state index in [0.29, 0.717) is 11.8 Å². The first kappa shape index (κ1) is 12.4. The van der Waals surface area contributed by atoms with Gasteiger partial charge < -0.3 is 9.84 Å². The zero-order valence-corrected chi connectivity index (χ0v) is 11.2. The fourth-order valence-electron chi connectivity index (χ4n) is 2.51. The van der Waals surface area contributed by atoms with Gasteiger partial charge in [0.2, 0.25) is 0 Å². The average Bonchev–Trinajstić information content (AvgIpc) is 2.89. The summed E-state index contributed by atoms with van der Waals surface area (Å²) in [5, 5.41) is 7.51. The minimum absolute atomic E-state index is 0.624. The lowest BCUT2D eigenvalue weighted by Gasteiger charge is -2.20. The van der Waals surface area contributed by atoms with E-state index in [0.717, 1.165) is 30.9 Å². The molecule has 1 aromatic carbocycles. The van der Waals surface area contributed by atoms with Crippen molar-refractivity contribution in [3.05, 3.63) is 35.7 Å². The molecule has 0 aliphatic carbocycles. The molecule has 0 saturated carbocycles. The summed E-state index contributed by atoms with van der Waals surface area (Å²) in [5.41, 5.74) is 2.22. The molecule has 2 aromatic rings. The van der Waals surface area contributed by atoms with Crippen molar-refractivity contribution in [1.29, 1.82) is 0 Å². The first-order valence-corrected chi connectivity index (χ1v) is 6.91. The second kappa shape index (κ2) is 5.53. The maximum absolute atomic E-state index is 5.35. The second-order valence-corrected chi connectivity index (χ2v) is 5.30. The Hall–Kier alpha value is -1.68. The number of piperidine rings is 1. The van der Waals surface area contributed by atoms with Gasteiger partial charge in [0.25, 0.3) is 5.89 Å². The maximum Gasteiger partial charge on any atom is 0.257 e. The molecule has 1 unspecified atom stereocenters. The number of aryl methyl sites for hydroxylation is 1. The van der Waals surface area contributed by atoms with Crippen LogP contribution in [-0.4, -0.2) is 23.2 Å². The molecule has 4 nitrogen and oxygen atoms in total. The van der Waals surface area contributed by atoms with E-state index in [2.05, 4.69) is 34.5 Å². The number of hydrogen-bond acceptors (Lipinski definition) is 4. The van der Waals surface area contributed by atoms with Crippen LogP contribution in [0.25, 0.3) is 11.5 Å². The maximum atomic E-state index is 5.35. The van der Waals surface area contributed by atoms with Crippen molar-refractivity contribution in [3.8, 4) is 11.5 Å². The molecule has 1 aromatic heterocycles. The summed E-state index contributed by atoms with van der Waals surface area (Å²) in [5.74, 6) is 2.08. The van der Waals surface area contributed by atoms with E-state index in [1.165, 1.54) is 18.4 Å². The van der Waals surface area contributed by atoms with Gasteiger partial charge in [-0.3, -0.25) is 0 Å². The zero-order valence-electron chi connectivity index (χ0n) is 11.2. The van der Waals surface area contributed by atoms with E-state index >= 15 is 0 Å². The van der Waals surface area contributed by atoms with E-state index in [-0.39, 0.29) is 0 Å². The van der Waals surface area contributed by atoms with Crippen molar-refractivity contribution in [2.75, 3.05) is 13.1 Å². The van der Waals surface area contributed by atoms with Crippen LogP contribution in [0.3, 0.4) is 0 Å². The van der Waals surface area contributed by atoms with Crippen LogP contribution < -0.4 is 5.32 Å². The van der Waals surface area contributed by atoms with Crippen LogP contribution >= 0.6 is 0 Å². The van der Waals surface area contributed by atoms with Gasteiger partial charge in [-0.15, -0.1) is 0 Å². The molecule has 4 heteroatoms. The van der Waals surface area contributed by atoms with Crippen molar-refractivity contribution in [1.82, 2.24) is 15.5 Å². The third kappa shape index (κ3) is 3.01. The fourth-order valence-corrected chi connectivity index (χ4v) is 2.51. The highest BCUT2D eigenvalue weighted by atomic mass is 16.5. The van der Waals surface area contributed by atoms with E-state index in [1.54, 1.807) is 0 Å². The zero-order chi connectivity index (χ0) is 13.1. The van der Waals surface area contributed by atoms with E-state index in [4.69, 9.17) is 4.52 Å². The van der Waals surface area contributed by atoms with Gasteiger partial charge in [0.1, 0.15) is 0 Å². The Labute approximate surface area is 113 Å². The summed E-state index contributed by atoms with van der Waals surface area (Å²) < 4.78 is 5.35. The van der Waals surface area contributed by atoms with E-state index < -0.39 is 0 Å². The molecule has 3 rings (SSSR count). The molecule has 0 bridgehead atoms. The molecule has 100 valence electrons. The van der Waals surface area contributed by atoms with Crippen LogP contribution in [-0.2, 0) is 6.42 Å².